The molecule has 1 saturated heterocycles. The Balaban J connectivity index is 1.50. The summed E-state index contributed by atoms with van der Waals surface area (Å²) in [5.41, 5.74) is 0. The first-order chi connectivity index (χ1) is 14.3. The van der Waals surface area contributed by atoms with Gasteiger partial charge in [-0.3, -0.25) is 0 Å². The van der Waals surface area contributed by atoms with Gasteiger partial charge in [-0.25, -0.2) is 0 Å². The Bertz CT molecular complexity index is 859. The number of aliphatic hydroxyl groups is 2. The van der Waals surface area contributed by atoms with E-state index in [1.165, 1.54) is 19.2 Å². The molecular weight excluding hydrogens is 435 g/mol. The van der Waals surface area contributed by atoms with E-state index in [2.05, 4.69) is 0 Å². The van der Waals surface area contributed by atoms with Crippen molar-refractivity contribution in [2.75, 3.05) is 27.4 Å². The number of methoxy groups -OCH3 is 2. The first-order valence-electron chi connectivity index (χ1n) is 9.37. The fourth-order valence-corrected chi connectivity index (χ4v) is 3.57. The molecule has 0 aliphatic carbocycles. The van der Waals surface area contributed by atoms with Crippen LogP contribution >= 0.6 is 23.2 Å². The van der Waals surface area contributed by atoms with E-state index in [0.717, 1.165) is 0 Å². The van der Waals surface area contributed by atoms with Crippen LogP contribution in [0.15, 0.2) is 36.4 Å². The predicted octanol–water partition coefficient (Wildman–Crippen LogP) is 3.90. The van der Waals surface area contributed by atoms with Crippen LogP contribution in [0.1, 0.15) is 12.8 Å². The number of benzene rings is 2. The molecule has 1 heterocycles. The Morgan fingerprint density at radius 3 is 2.17 bits per heavy atom. The van der Waals surface area contributed by atoms with Crippen molar-refractivity contribution in [2.24, 2.45) is 5.92 Å². The minimum absolute atomic E-state index is 0.134. The van der Waals surface area contributed by atoms with Crippen LogP contribution in [-0.4, -0.2) is 49.7 Å². The molecular formula is C21H24Cl2O7. The maximum Gasteiger partial charge on any atom is 0.327 e. The van der Waals surface area contributed by atoms with E-state index in [0.29, 0.717) is 41.7 Å². The zero-order valence-corrected chi connectivity index (χ0v) is 18.2. The number of hydrogen-bond donors (Lipinski definition) is 2. The minimum atomic E-state index is -2.42. The van der Waals surface area contributed by atoms with Crippen molar-refractivity contribution in [3.63, 3.8) is 0 Å². The van der Waals surface area contributed by atoms with Gasteiger partial charge in [0.15, 0.2) is 0 Å². The lowest BCUT2D eigenvalue weighted by Crippen LogP contribution is -2.44. The van der Waals surface area contributed by atoms with Gasteiger partial charge in [0.05, 0.1) is 49.5 Å². The number of halogens is 2. The van der Waals surface area contributed by atoms with Gasteiger partial charge in [0, 0.05) is 18.6 Å². The summed E-state index contributed by atoms with van der Waals surface area (Å²) in [5, 5.41) is 21.5. The van der Waals surface area contributed by atoms with Crippen LogP contribution < -0.4 is 18.9 Å². The van der Waals surface area contributed by atoms with Gasteiger partial charge in [0.25, 0.3) is 0 Å². The van der Waals surface area contributed by atoms with Crippen molar-refractivity contribution in [1.82, 2.24) is 0 Å². The molecule has 3 rings (SSSR count). The van der Waals surface area contributed by atoms with Gasteiger partial charge in [-0.15, -0.1) is 0 Å². The Labute approximate surface area is 185 Å². The van der Waals surface area contributed by atoms with Crippen molar-refractivity contribution in [3.05, 3.63) is 46.4 Å². The molecule has 1 fully saturated rings. The van der Waals surface area contributed by atoms with E-state index in [-0.39, 0.29) is 23.5 Å². The zero-order valence-electron chi connectivity index (χ0n) is 16.6. The average Bonchev–Trinajstić information content (AvgIpc) is 3.20. The second kappa shape index (κ2) is 9.94. The lowest BCUT2D eigenvalue weighted by atomic mass is 10.0. The summed E-state index contributed by atoms with van der Waals surface area (Å²) in [5.74, 6) is -1.20. The van der Waals surface area contributed by atoms with E-state index in [1.54, 1.807) is 31.4 Å². The smallest absolute Gasteiger partial charge is 0.327 e. The lowest BCUT2D eigenvalue weighted by molar-refractivity contribution is -0.322. The standard InChI is InChI=1S/C21H24Cl2O7/c1-26-14-3-5-19(17(22)10-14)28-8-7-16-9-13(12-29-16)21(24,25)30-20-6-4-15(27-2)11-18(20)23/h3-6,10-11,13,16,24-25H,7-9,12H2,1-2H3/t13-,16-/m0/s1. The van der Waals surface area contributed by atoms with Gasteiger partial charge < -0.3 is 33.9 Å². The molecule has 0 saturated carbocycles. The largest absolute Gasteiger partial charge is 0.497 e. The van der Waals surface area contributed by atoms with E-state index in [4.69, 9.17) is 46.9 Å². The normalized spacial score (nSPS) is 18.9. The highest BCUT2D eigenvalue weighted by molar-refractivity contribution is 6.32. The highest BCUT2D eigenvalue weighted by Gasteiger charge is 2.43. The molecule has 0 spiro atoms. The second-order valence-electron chi connectivity index (χ2n) is 6.88. The Kier molecular flexibility index (Phi) is 7.55. The fourth-order valence-electron chi connectivity index (χ4n) is 3.13. The summed E-state index contributed by atoms with van der Waals surface area (Å²) in [6.07, 6.45) is 0.735. The third-order valence-electron chi connectivity index (χ3n) is 4.85. The van der Waals surface area contributed by atoms with E-state index >= 15 is 0 Å². The van der Waals surface area contributed by atoms with Crippen LogP contribution in [0, 0.1) is 5.92 Å². The molecule has 0 aromatic heterocycles. The summed E-state index contributed by atoms with van der Waals surface area (Å²) in [6, 6.07) is 9.83. The molecule has 164 valence electrons. The first kappa shape index (κ1) is 22.8. The molecule has 2 atom stereocenters. The zero-order chi connectivity index (χ0) is 21.7. The van der Waals surface area contributed by atoms with Crippen LogP contribution in [0.3, 0.4) is 0 Å². The molecule has 0 unspecified atom stereocenters. The van der Waals surface area contributed by atoms with Gasteiger partial charge in [-0.05, 0) is 30.7 Å². The molecule has 2 aromatic rings. The number of rotatable bonds is 9. The summed E-state index contributed by atoms with van der Waals surface area (Å²) in [7, 11) is 3.07. The second-order valence-corrected chi connectivity index (χ2v) is 7.69. The Morgan fingerprint density at radius 2 is 1.60 bits per heavy atom. The van der Waals surface area contributed by atoms with Crippen LogP contribution in [0.5, 0.6) is 23.0 Å². The maximum atomic E-state index is 10.4. The molecule has 30 heavy (non-hydrogen) atoms. The molecule has 0 radical (unpaired) electrons. The molecule has 0 amide bonds. The third kappa shape index (κ3) is 5.62. The van der Waals surface area contributed by atoms with Crippen LogP contribution in [0.4, 0.5) is 0 Å². The molecule has 1 aliphatic heterocycles. The maximum absolute atomic E-state index is 10.4. The Hall–Kier alpha value is -1.90. The Morgan fingerprint density at radius 1 is 1.00 bits per heavy atom. The summed E-state index contributed by atoms with van der Waals surface area (Å²) < 4.78 is 26.9. The number of ether oxygens (including phenoxy) is 5. The van der Waals surface area contributed by atoms with Crippen molar-refractivity contribution in [1.29, 1.82) is 0 Å². The van der Waals surface area contributed by atoms with Crippen molar-refractivity contribution >= 4 is 23.2 Å². The third-order valence-corrected chi connectivity index (χ3v) is 5.44. The average molecular weight is 459 g/mol. The summed E-state index contributed by atoms with van der Waals surface area (Å²) >= 11 is 12.3. The van der Waals surface area contributed by atoms with Crippen LogP contribution in [0.25, 0.3) is 0 Å². The van der Waals surface area contributed by atoms with Crippen molar-refractivity contribution in [3.8, 4) is 23.0 Å². The van der Waals surface area contributed by atoms with Crippen LogP contribution in [-0.2, 0) is 4.74 Å². The lowest BCUT2D eigenvalue weighted by Gasteiger charge is -2.28. The van der Waals surface area contributed by atoms with Crippen molar-refractivity contribution in [2.45, 2.75) is 24.9 Å². The molecule has 0 bridgehead atoms. The highest BCUT2D eigenvalue weighted by Crippen LogP contribution is 2.36. The van der Waals surface area contributed by atoms with Gasteiger partial charge in [-0.2, -0.15) is 0 Å². The minimum Gasteiger partial charge on any atom is -0.497 e. The van der Waals surface area contributed by atoms with Gasteiger partial charge in [0.1, 0.15) is 23.0 Å². The van der Waals surface area contributed by atoms with Crippen LogP contribution in [0.2, 0.25) is 10.0 Å². The predicted molar refractivity (Wildman–Crippen MR) is 112 cm³/mol. The SMILES string of the molecule is COc1ccc(OCC[C@H]2C[C@H](C(O)(O)Oc3ccc(OC)cc3Cl)CO2)c(Cl)c1. The topological polar surface area (TPSA) is 86.6 Å². The van der Waals surface area contributed by atoms with Crippen molar-refractivity contribution < 1.29 is 33.9 Å². The molecule has 1 aliphatic rings. The fraction of sp³-hybridized carbons (Fsp3) is 0.429. The van der Waals surface area contributed by atoms with Gasteiger partial charge in [0.2, 0.25) is 0 Å². The number of hydrogen-bond acceptors (Lipinski definition) is 7. The molecule has 2 aromatic carbocycles. The van der Waals surface area contributed by atoms with E-state index in [1.807, 2.05) is 0 Å². The van der Waals surface area contributed by atoms with Gasteiger partial charge in [-0.1, -0.05) is 23.2 Å². The van der Waals surface area contributed by atoms with E-state index < -0.39 is 11.9 Å². The quantitative estimate of drug-likeness (QED) is 0.550. The molecule has 7 nitrogen and oxygen atoms in total. The summed E-state index contributed by atoms with van der Waals surface area (Å²) in [6.45, 7) is 0.493. The van der Waals surface area contributed by atoms with Gasteiger partial charge >= 0.3 is 5.97 Å². The first-order valence-corrected chi connectivity index (χ1v) is 10.1. The molecule has 2 N–H and O–H groups in total. The highest BCUT2D eigenvalue weighted by atomic mass is 35.5. The molecule has 9 heteroatoms. The summed E-state index contributed by atoms with van der Waals surface area (Å²) in [4.78, 5) is 0. The van der Waals surface area contributed by atoms with E-state index in [9.17, 15) is 10.2 Å². The monoisotopic (exact) mass is 458 g/mol.